The standard InChI is InChI=1S/C16H32N2O3/c1-12(2)11-20-8-6-7-17-13-9-14(10-13)18-15(19)21-16(3,4)5/h12-14,17H,6-11H2,1-5H3,(H,18,19). The summed E-state index contributed by atoms with van der Waals surface area (Å²) >= 11 is 0. The van der Waals surface area contributed by atoms with E-state index in [1.165, 1.54) is 0 Å². The Morgan fingerprint density at radius 1 is 1.24 bits per heavy atom. The molecule has 5 heteroatoms. The number of amides is 1. The zero-order chi connectivity index (χ0) is 15.9. The Bertz CT molecular complexity index is 307. The van der Waals surface area contributed by atoms with E-state index in [0.29, 0.717) is 12.0 Å². The third-order valence-corrected chi connectivity index (χ3v) is 3.21. The van der Waals surface area contributed by atoms with E-state index in [2.05, 4.69) is 24.5 Å². The number of nitrogens with one attached hydrogen (secondary N) is 2. The van der Waals surface area contributed by atoms with Crippen LogP contribution >= 0.6 is 0 Å². The summed E-state index contributed by atoms with van der Waals surface area (Å²) in [6, 6.07) is 0.754. The second kappa shape index (κ2) is 8.59. The van der Waals surface area contributed by atoms with Gasteiger partial charge in [0.25, 0.3) is 0 Å². The lowest BCUT2D eigenvalue weighted by atomic mass is 9.87. The molecule has 0 aromatic rings. The van der Waals surface area contributed by atoms with Crippen molar-refractivity contribution in [3.8, 4) is 0 Å². The van der Waals surface area contributed by atoms with Crippen molar-refractivity contribution in [2.75, 3.05) is 19.8 Å². The van der Waals surface area contributed by atoms with E-state index >= 15 is 0 Å². The molecule has 0 atom stereocenters. The van der Waals surface area contributed by atoms with Gasteiger partial charge in [-0.1, -0.05) is 13.8 Å². The van der Waals surface area contributed by atoms with E-state index in [9.17, 15) is 4.79 Å². The van der Waals surface area contributed by atoms with Crippen LogP contribution in [-0.2, 0) is 9.47 Å². The second-order valence-electron chi connectivity index (χ2n) is 7.29. The van der Waals surface area contributed by atoms with Gasteiger partial charge in [0.2, 0.25) is 0 Å². The van der Waals surface area contributed by atoms with Crippen LogP contribution in [0, 0.1) is 5.92 Å². The fourth-order valence-corrected chi connectivity index (χ4v) is 2.18. The molecule has 0 spiro atoms. The highest BCUT2D eigenvalue weighted by molar-refractivity contribution is 5.68. The number of carbonyl (C=O) groups excluding carboxylic acids is 1. The molecule has 0 saturated heterocycles. The lowest BCUT2D eigenvalue weighted by Gasteiger charge is -2.36. The van der Waals surface area contributed by atoms with Gasteiger partial charge in [-0.25, -0.2) is 4.79 Å². The minimum Gasteiger partial charge on any atom is -0.444 e. The van der Waals surface area contributed by atoms with E-state index < -0.39 is 5.60 Å². The quantitative estimate of drug-likeness (QED) is 0.677. The summed E-state index contributed by atoms with van der Waals surface area (Å²) in [5, 5.41) is 6.39. The van der Waals surface area contributed by atoms with E-state index in [1.807, 2.05) is 20.8 Å². The van der Waals surface area contributed by atoms with Crippen LogP contribution in [0.15, 0.2) is 0 Å². The molecule has 1 aliphatic carbocycles. The predicted molar refractivity (Wildman–Crippen MR) is 84.5 cm³/mol. The molecular weight excluding hydrogens is 268 g/mol. The number of ether oxygens (including phenoxy) is 2. The second-order valence-corrected chi connectivity index (χ2v) is 7.29. The molecule has 124 valence electrons. The number of alkyl carbamates (subject to hydrolysis) is 1. The van der Waals surface area contributed by atoms with Crippen LogP contribution in [0.4, 0.5) is 4.79 Å². The molecule has 21 heavy (non-hydrogen) atoms. The number of carbonyl (C=O) groups is 1. The third-order valence-electron chi connectivity index (χ3n) is 3.21. The lowest BCUT2D eigenvalue weighted by Crippen LogP contribution is -2.53. The van der Waals surface area contributed by atoms with Crippen LogP contribution in [0.2, 0.25) is 0 Å². The predicted octanol–water partition coefficient (Wildman–Crippen LogP) is 2.69. The van der Waals surface area contributed by atoms with E-state index in [1.54, 1.807) is 0 Å². The van der Waals surface area contributed by atoms with Gasteiger partial charge in [-0.3, -0.25) is 0 Å². The molecule has 0 aliphatic heterocycles. The third kappa shape index (κ3) is 8.94. The van der Waals surface area contributed by atoms with Crippen molar-refractivity contribution in [3.63, 3.8) is 0 Å². The van der Waals surface area contributed by atoms with Crippen LogP contribution in [-0.4, -0.2) is 43.5 Å². The molecule has 1 aliphatic rings. The van der Waals surface area contributed by atoms with Gasteiger partial charge < -0.3 is 20.1 Å². The van der Waals surface area contributed by atoms with Crippen LogP contribution in [0.3, 0.4) is 0 Å². The summed E-state index contributed by atoms with van der Waals surface area (Å²) in [5.74, 6) is 0.601. The van der Waals surface area contributed by atoms with Crippen molar-refractivity contribution < 1.29 is 14.3 Å². The number of rotatable bonds is 8. The molecule has 1 amide bonds. The minimum atomic E-state index is -0.429. The van der Waals surface area contributed by atoms with E-state index in [0.717, 1.165) is 39.0 Å². The maximum Gasteiger partial charge on any atom is 0.407 e. The van der Waals surface area contributed by atoms with Crippen molar-refractivity contribution in [1.29, 1.82) is 0 Å². The average molecular weight is 300 g/mol. The molecule has 2 N–H and O–H groups in total. The van der Waals surface area contributed by atoms with Crippen molar-refractivity contribution in [1.82, 2.24) is 10.6 Å². The molecule has 0 aromatic heterocycles. The highest BCUT2D eigenvalue weighted by Gasteiger charge is 2.30. The highest BCUT2D eigenvalue weighted by atomic mass is 16.6. The van der Waals surface area contributed by atoms with Gasteiger partial charge in [0.15, 0.2) is 0 Å². The molecule has 5 nitrogen and oxygen atoms in total. The maximum atomic E-state index is 11.6. The first-order valence-corrected chi connectivity index (χ1v) is 8.07. The van der Waals surface area contributed by atoms with Crippen molar-refractivity contribution in [3.05, 3.63) is 0 Å². The van der Waals surface area contributed by atoms with Gasteiger partial charge in [0.1, 0.15) is 5.60 Å². The highest BCUT2D eigenvalue weighted by Crippen LogP contribution is 2.20. The van der Waals surface area contributed by atoms with Crippen LogP contribution in [0.1, 0.15) is 53.9 Å². The first-order chi connectivity index (χ1) is 9.76. The normalized spacial score (nSPS) is 22.0. The Balaban J connectivity index is 1.95. The van der Waals surface area contributed by atoms with Gasteiger partial charge >= 0.3 is 6.09 Å². The molecule has 1 saturated carbocycles. The topological polar surface area (TPSA) is 59.6 Å². The van der Waals surface area contributed by atoms with Gasteiger partial charge in [0, 0.05) is 25.3 Å². The summed E-state index contributed by atoms with van der Waals surface area (Å²) < 4.78 is 10.8. The van der Waals surface area contributed by atoms with Crippen LogP contribution < -0.4 is 10.6 Å². The average Bonchev–Trinajstić information content (AvgIpc) is 2.26. The van der Waals surface area contributed by atoms with Crippen molar-refractivity contribution in [2.45, 2.75) is 71.6 Å². The number of hydrogen-bond acceptors (Lipinski definition) is 4. The number of hydrogen-bond donors (Lipinski definition) is 2. The smallest absolute Gasteiger partial charge is 0.407 e. The Kier molecular flexibility index (Phi) is 7.46. The van der Waals surface area contributed by atoms with Gasteiger partial charge in [-0.2, -0.15) is 0 Å². The molecule has 0 radical (unpaired) electrons. The SMILES string of the molecule is CC(C)COCCCNC1CC(NC(=O)OC(C)(C)C)C1. The molecular formula is C16H32N2O3. The van der Waals surface area contributed by atoms with Crippen molar-refractivity contribution in [2.24, 2.45) is 5.92 Å². The molecule has 0 aromatic carbocycles. The Labute approximate surface area is 129 Å². The van der Waals surface area contributed by atoms with Gasteiger partial charge in [-0.05, 0) is 52.5 Å². The molecule has 0 unspecified atom stereocenters. The first-order valence-electron chi connectivity index (χ1n) is 8.07. The largest absolute Gasteiger partial charge is 0.444 e. The van der Waals surface area contributed by atoms with E-state index in [-0.39, 0.29) is 12.1 Å². The summed E-state index contributed by atoms with van der Waals surface area (Å²) in [7, 11) is 0. The minimum absolute atomic E-state index is 0.245. The fraction of sp³-hybridized carbons (Fsp3) is 0.938. The maximum absolute atomic E-state index is 11.6. The van der Waals surface area contributed by atoms with E-state index in [4.69, 9.17) is 9.47 Å². The first kappa shape index (κ1) is 18.2. The Morgan fingerprint density at radius 2 is 1.90 bits per heavy atom. The van der Waals surface area contributed by atoms with Crippen molar-refractivity contribution >= 4 is 6.09 Å². The zero-order valence-electron chi connectivity index (χ0n) is 14.2. The fourth-order valence-electron chi connectivity index (χ4n) is 2.18. The molecule has 1 fully saturated rings. The molecule has 0 heterocycles. The zero-order valence-corrected chi connectivity index (χ0v) is 14.2. The molecule has 0 bridgehead atoms. The monoisotopic (exact) mass is 300 g/mol. The summed E-state index contributed by atoms with van der Waals surface area (Å²) in [4.78, 5) is 11.6. The summed E-state index contributed by atoms with van der Waals surface area (Å²) in [6.07, 6.45) is 2.68. The van der Waals surface area contributed by atoms with Crippen LogP contribution in [0.5, 0.6) is 0 Å². The summed E-state index contributed by atoms with van der Waals surface area (Å²) in [6.45, 7) is 12.6. The Hall–Kier alpha value is -0.810. The van der Waals surface area contributed by atoms with Crippen LogP contribution in [0.25, 0.3) is 0 Å². The molecule has 1 rings (SSSR count). The lowest BCUT2D eigenvalue weighted by molar-refractivity contribution is 0.0464. The summed E-state index contributed by atoms with van der Waals surface area (Å²) in [5.41, 5.74) is -0.429. The van der Waals surface area contributed by atoms with Gasteiger partial charge in [0.05, 0.1) is 0 Å². The van der Waals surface area contributed by atoms with Gasteiger partial charge in [-0.15, -0.1) is 0 Å². The Morgan fingerprint density at radius 3 is 2.48 bits per heavy atom.